The first-order chi connectivity index (χ1) is 10.9. The minimum Gasteiger partial charge on any atom is -0.497 e. The average molecular weight is 316 g/mol. The van der Waals surface area contributed by atoms with Crippen LogP contribution in [0.2, 0.25) is 0 Å². The zero-order valence-corrected chi connectivity index (χ0v) is 13.5. The highest BCUT2D eigenvalue weighted by Crippen LogP contribution is 2.24. The predicted octanol–water partition coefficient (Wildman–Crippen LogP) is 3.93. The zero-order chi connectivity index (χ0) is 16.9. The molecule has 0 atom stereocenters. The van der Waals surface area contributed by atoms with Crippen LogP contribution < -0.4 is 15.4 Å². The Morgan fingerprint density at radius 3 is 2.26 bits per heavy atom. The summed E-state index contributed by atoms with van der Waals surface area (Å²) in [6, 6.07) is 13.1. The fourth-order valence-corrected chi connectivity index (χ4v) is 2.15. The lowest BCUT2D eigenvalue weighted by molar-refractivity contribution is 0.249. The van der Waals surface area contributed by atoms with Crippen LogP contribution in [0, 0.1) is 5.82 Å². The van der Waals surface area contributed by atoms with E-state index in [9.17, 15) is 9.18 Å². The lowest BCUT2D eigenvalue weighted by Crippen LogP contribution is -2.38. The smallest absolute Gasteiger partial charge is 0.319 e. The van der Waals surface area contributed by atoms with Crippen molar-refractivity contribution in [2.75, 3.05) is 19.0 Å². The van der Waals surface area contributed by atoms with Crippen LogP contribution in [0.3, 0.4) is 0 Å². The molecule has 0 bridgehead atoms. The van der Waals surface area contributed by atoms with Gasteiger partial charge in [0.1, 0.15) is 11.6 Å². The van der Waals surface area contributed by atoms with E-state index in [0.717, 1.165) is 11.3 Å². The second-order valence-electron chi connectivity index (χ2n) is 5.93. The van der Waals surface area contributed by atoms with Gasteiger partial charge in [-0.3, -0.25) is 0 Å². The SMILES string of the molecule is COc1ccc(C(C)(C)CNC(=O)Nc2ccc(F)cc2)cc1. The van der Waals surface area contributed by atoms with E-state index in [1.807, 2.05) is 38.1 Å². The van der Waals surface area contributed by atoms with Gasteiger partial charge in [0.15, 0.2) is 0 Å². The molecule has 0 saturated heterocycles. The molecule has 0 fully saturated rings. The van der Waals surface area contributed by atoms with E-state index in [4.69, 9.17) is 4.74 Å². The Bertz CT molecular complexity index is 652. The highest BCUT2D eigenvalue weighted by atomic mass is 19.1. The molecule has 2 aromatic carbocycles. The lowest BCUT2D eigenvalue weighted by Gasteiger charge is -2.26. The number of hydrogen-bond donors (Lipinski definition) is 2. The maximum Gasteiger partial charge on any atom is 0.319 e. The number of amides is 2. The van der Waals surface area contributed by atoms with Crippen molar-refractivity contribution >= 4 is 11.7 Å². The second kappa shape index (κ2) is 7.13. The van der Waals surface area contributed by atoms with Gasteiger partial charge in [-0.1, -0.05) is 26.0 Å². The minimum absolute atomic E-state index is 0.230. The van der Waals surface area contributed by atoms with Crippen LogP contribution in [-0.2, 0) is 5.41 Å². The molecule has 5 heteroatoms. The number of anilines is 1. The van der Waals surface area contributed by atoms with Crippen molar-refractivity contribution in [2.24, 2.45) is 0 Å². The van der Waals surface area contributed by atoms with E-state index in [1.165, 1.54) is 24.3 Å². The van der Waals surface area contributed by atoms with Crippen molar-refractivity contribution in [1.29, 1.82) is 0 Å². The first-order valence-electron chi connectivity index (χ1n) is 7.36. The van der Waals surface area contributed by atoms with E-state index >= 15 is 0 Å². The van der Waals surface area contributed by atoms with Gasteiger partial charge in [0.05, 0.1) is 7.11 Å². The first kappa shape index (κ1) is 16.8. The quantitative estimate of drug-likeness (QED) is 0.878. The largest absolute Gasteiger partial charge is 0.497 e. The van der Waals surface area contributed by atoms with E-state index in [0.29, 0.717) is 12.2 Å². The van der Waals surface area contributed by atoms with Crippen LogP contribution in [0.1, 0.15) is 19.4 Å². The summed E-state index contributed by atoms with van der Waals surface area (Å²) in [7, 11) is 1.63. The van der Waals surface area contributed by atoms with Crippen LogP contribution in [0.5, 0.6) is 5.75 Å². The number of halogens is 1. The standard InChI is InChI=1S/C18H21FN2O2/c1-18(2,13-4-10-16(23-3)11-5-13)12-20-17(22)21-15-8-6-14(19)7-9-15/h4-11H,12H2,1-3H3,(H2,20,21,22). The topological polar surface area (TPSA) is 50.4 Å². The molecule has 23 heavy (non-hydrogen) atoms. The molecular weight excluding hydrogens is 295 g/mol. The number of hydrogen-bond acceptors (Lipinski definition) is 2. The summed E-state index contributed by atoms with van der Waals surface area (Å²) in [6.45, 7) is 4.56. The van der Waals surface area contributed by atoms with E-state index in [2.05, 4.69) is 10.6 Å². The summed E-state index contributed by atoms with van der Waals surface area (Å²) in [4.78, 5) is 11.9. The van der Waals surface area contributed by atoms with Crippen molar-refractivity contribution in [3.05, 3.63) is 59.9 Å². The Morgan fingerprint density at radius 1 is 1.09 bits per heavy atom. The van der Waals surface area contributed by atoms with Crippen molar-refractivity contribution in [3.63, 3.8) is 0 Å². The van der Waals surface area contributed by atoms with Crippen LogP contribution in [0.4, 0.5) is 14.9 Å². The molecule has 0 saturated carbocycles. The molecule has 0 aliphatic rings. The third-order valence-electron chi connectivity index (χ3n) is 3.66. The highest BCUT2D eigenvalue weighted by molar-refractivity contribution is 5.89. The summed E-state index contributed by atoms with van der Waals surface area (Å²) in [5, 5.41) is 5.51. The molecule has 0 heterocycles. The zero-order valence-electron chi connectivity index (χ0n) is 13.5. The summed E-state index contributed by atoms with van der Waals surface area (Å²) in [5.74, 6) is 0.461. The Morgan fingerprint density at radius 2 is 1.70 bits per heavy atom. The molecule has 0 aliphatic heterocycles. The van der Waals surface area contributed by atoms with Crippen LogP contribution in [0.15, 0.2) is 48.5 Å². The molecule has 0 unspecified atom stereocenters. The van der Waals surface area contributed by atoms with Gasteiger partial charge < -0.3 is 15.4 Å². The number of rotatable bonds is 5. The maximum atomic E-state index is 12.8. The van der Waals surface area contributed by atoms with Crippen molar-refractivity contribution in [2.45, 2.75) is 19.3 Å². The van der Waals surface area contributed by atoms with Gasteiger partial charge in [0.2, 0.25) is 0 Å². The fraction of sp³-hybridized carbons (Fsp3) is 0.278. The third-order valence-corrected chi connectivity index (χ3v) is 3.66. The third kappa shape index (κ3) is 4.71. The molecule has 2 N–H and O–H groups in total. The first-order valence-corrected chi connectivity index (χ1v) is 7.36. The lowest BCUT2D eigenvalue weighted by atomic mass is 9.84. The van der Waals surface area contributed by atoms with Gasteiger partial charge in [0, 0.05) is 17.6 Å². The van der Waals surface area contributed by atoms with Gasteiger partial charge in [-0.2, -0.15) is 0 Å². The summed E-state index contributed by atoms with van der Waals surface area (Å²) in [6.07, 6.45) is 0. The van der Waals surface area contributed by atoms with E-state index < -0.39 is 0 Å². The molecule has 0 aliphatic carbocycles. The van der Waals surface area contributed by atoms with Gasteiger partial charge in [0.25, 0.3) is 0 Å². The number of urea groups is 1. The molecule has 2 aromatic rings. The molecule has 4 nitrogen and oxygen atoms in total. The monoisotopic (exact) mass is 316 g/mol. The predicted molar refractivity (Wildman–Crippen MR) is 89.4 cm³/mol. The van der Waals surface area contributed by atoms with Crippen molar-refractivity contribution in [3.8, 4) is 5.75 Å². The normalized spacial score (nSPS) is 11.0. The Labute approximate surface area is 135 Å². The van der Waals surface area contributed by atoms with E-state index in [1.54, 1.807) is 7.11 Å². The summed E-state index contributed by atoms with van der Waals surface area (Å²) < 4.78 is 18.0. The Balaban J connectivity index is 1.92. The molecule has 2 amide bonds. The number of carbonyl (C=O) groups excluding carboxylic acids is 1. The van der Waals surface area contributed by atoms with Crippen LogP contribution >= 0.6 is 0 Å². The second-order valence-corrected chi connectivity index (χ2v) is 5.93. The van der Waals surface area contributed by atoms with Gasteiger partial charge in [-0.25, -0.2) is 9.18 Å². The summed E-state index contributed by atoms with van der Waals surface area (Å²) in [5.41, 5.74) is 1.42. The Hall–Kier alpha value is -2.56. The molecule has 0 aromatic heterocycles. The number of carbonyl (C=O) groups is 1. The van der Waals surface area contributed by atoms with Gasteiger partial charge in [-0.05, 0) is 42.0 Å². The van der Waals surface area contributed by atoms with Gasteiger partial charge in [-0.15, -0.1) is 0 Å². The summed E-state index contributed by atoms with van der Waals surface area (Å²) >= 11 is 0. The fourth-order valence-electron chi connectivity index (χ4n) is 2.15. The number of nitrogens with one attached hydrogen (secondary N) is 2. The van der Waals surface area contributed by atoms with Crippen LogP contribution in [0.25, 0.3) is 0 Å². The molecular formula is C18H21FN2O2. The number of methoxy groups -OCH3 is 1. The molecule has 0 spiro atoms. The molecule has 2 rings (SSSR count). The van der Waals surface area contributed by atoms with Gasteiger partial charge >= 0.3 is 6.03 Å². The van der Waals surface area contributed by atoms with Crippen molar-refractivity contribution < 1.29 is 13.9 Å². The average Bonchev–Trinajstić information content (AvgIpc) is 2.55. The number of benzene rings is 2. The molecule has 122 valence electrons. The van der Waals surface area contributed by atoms with Crippen molar-refractivity contribution in [1.82, 2.24) is 5.32 Å². The maximum absolute atomic E-state index is 12.8. The Kier molecular flexibility index (Phi) is 5.21. The molecule has 0 radical (unpaired) electrons. The highest BCUT2D eigenvalue weighted by Gasteiger charge is 2.21. The van der Waals surface area contributed by atoms with Crippen LogP contribution in [-0.4, -0.2) is 19.7 Å². The number of ether oxygens (including phenoxy) is 1. The van der Waals surface area contributed by atoms with E-state index in [-0.39, 0.29) is 17.3 Å². The minimum atomic E-state index is -0.336.